The summed E-state index contributed by atoms with van der Waals surface area (Å²) in [7, 11) is -3.31. The van der Waals surface area contributed by atoms with Crippen molar-refractivity contribution in [3.8, 4) is 0 Å². The van der Waals surface area contributed by atoms with Crippen molar-refractivity contribution < 1.29 is 18.3 Å². The summed E-state index contributed by atoms with van der Waals surface area (Å²) in [6.45, 7) is 6.08. The van der Waals surface area contributed by atoms with Crippen molar-refractivity contribution in [2.75, 3.05) is 12.3 Å². The van der Waals surface area contributed by atoms with Crippen molar-refractivity contribution in [3.05, 3.63) is 29.8 Å². The molecule has 0 radical (unpaired) electrons. The Labute approximate surface area is 132 Å². The van der Waals surface area contributed by atoms with E-state index in [0.717, 1.165) is 12.0 Å². The second-order valence-electron chi connectivity index (χ2n) is 5.64. The first-order chi connectivity index (χ1) is 10.3. The summed E-state index contributed by atoms with van der Waals surface area (Å²) in [5, 5.41) is 12.1. The molecule has 5 nitrogen and oxygen atoms in total. The second-order valence-corrected chi connectivity index (χ2v) is 7.75. The van der Waals surface area contributed by atoms with Crippen LogP contribution < -0.4 is 5.32 Å². The lowest BCUT2D eigenvalue weighted by molar-refractivity contribution is -0.140. The molecule has 0 fully saturated rings. The Kier molecular flexibility index (Phi) is 7.03. The van der Waals surface area contributed by atoms with E-state index >= 15 is 0 Å². The second kappa shape index (κ2) is 8.29. The van der Waals surface area contributed by atoms with Crippen LogP contribution in [0.1, 0.15) is 32.3 Å². The van der Waals surface area contributed by atoms with Gasteiger partial charge in [0.2, 0.25) is 0 Å². The van der Waals surface area contributed by atoms with Gasteiger partial charge in [-0.25, -0.2) is 8.42 Å². The zero-order valence-corrected chi connectivity index (χ0v) is 14.2. The van der Waals surface area contributed by atoms with Gasteiger partial charge >= 0.3 is 5.97 Å². The van der Waals surface area contributed by atoms with Gasteiger partial charge in [-0.15, -0.1) is 0 Å². The molecule has 2 N–H and O–H groups in total. The maximum atomic E-state index is 12.2. The summed E-state index contributed by atoms with van der Waals surface area (Å²) in [6.07, 6.45) is 1.14. The van der Waals surface area contributed by atoms with Crippen molar-refractivity contribution in [3.63, 3.8) is 0 Å². The summed E-state index contributed by atoms with van der Waals surface area (Å²) >= 11 is 0. The van der Waals surface area contributed by atoms with Gasteiger partial charge in [-0.2, -0.15) is 0 Å². The first-order valence-corrected chi connectivity index (χ1v) is 9.18. The summed E-state index contributed by atoms with van der Waals surface area (Å²) in [6, 6.07) is 6.13. The Bertz CT molecular complexity index is 581. The molecule has 0 amide bonds. The lowest BCUT2D eigenvalue weighted by Crippen LogP contribution is -2.42. The Hall–Kier alpha value is -1.40. The van der Waals surface area contributed by atoms with E-state index in [1.54, 1.807) is 24.3 Å². The molecule has 0 saturated heterocycles. The SMILES string of the molecule is CC[C@H](C)[C@H](NCCCS(=O)(=O)c1ccc(C)cc1)C(=O)O. The van der Waals surface area contributed by atoms with Crippen LogP contribution in [0.25, 0.3) is 0 Å². The third-order valence-electron chi connectivity index (χ3n) is 3.81. The van der Waals surface area contributed by atoms with Crippen LogP contribution in [0.3, 0.4) is 0 Å². The number of hydrogen-bond acceptors (Lipinski definition) is 4. The average molecular weight is 327 g/mol. The van der Waals surface area contributed by atoms with E-state index in [-0.39, 0.29) is 11.7 Å². The molecule has 0 heterocycles. The Morgan fingerprint density at radius 3 is 2.36 bits per heavy atom. The van der Waals surface area contributed by atoms with Gasteiger partial charge < -0.3 is 10.4 Å². The molecular weight excluding hydrogens is 302 g/mol. The fourth-order valence-corrected chi connectivity index (χ4v) is 3.46. The van der Waals surface area contributed by atoms with Crippen LogP contribution in [0.2, 0.25) is 0 Å². The molecule has 0 aliphatic rings. The molecule has 1 rings (SSSR count). The van der Waals surface area contributed by atoms with E-state index in [2.05, 4.69) is 5.32 Å². The minimum atomic E-state index is -3.31. The largest absolute Gasteiger partial charge is 0.480 e. The number of nitrogens with one attached hydrogen (secondary N) is 1. The smallest absolute Gasteiger partial charge is 0.320 e. The Balaban J connectivity index is 2.52. The third kappa shape index (κ3) is 5.42. The quantitative estimate of drug-likeness (QED) is 0.680. The van der Waals surface area contributed by atoms with Crippen LogP contribution >= 0.6 is 0 Å². The molecule has 0 unspecified atom stereocenters. The Morgan fingerprint density at radius 2 is 1.86 bits per heavy atom. The van der Waals surface area contributed by atoms with Crippen molar-refractivity contribution >= 4 is 15.8 Å². The number of carboxylic acids is 1. The summed E-state index contributed by atoms with van der Waals surface area (Å²) in [5.41, 5.74) is 1.01. The molecule has 1 aromatic carbocycles. The zero-order chi connectivity index (χ0) is 16.8. The molecule has 22 heavy (non-hydrogen) atoms. The van der Waals surface area contributed by atoms with Gasteiger partial charge in [0, 0.05) is 0 Å². The lowest BCUT2D eigenvalue weighted by atomic mass is 9.99. The number of carbonyl (C=O) groups is 1. The molecule has 1 aromatic rings. The monoisotopic (exact) mass is 327 g/mol. The van der Waals surface area contributed by atoms with Gasteiger partial charge in [0.1, 0.15) is 6.04 Å². The van der Waals surface area contributed by atoms with Crippen LogP contribution in [0, 0.1) is 12.8 Å². The Morgan fingerprint density at radius 1 is 1.27 bits per heavy atom. The van der Waals surface area contributed by atoms with E-state index in [0.29, 0.717) is 17.9 Å². The summed E-state index contributed by atoms with van der Waals surface area (Å²) < 4.78 is 24.3. The van der Waals surface area contributed by atoms with Gasteiger partial charge in [0.15, 0.2) is 9.84 Å². The van der Waals surface area contributed by atoms with Crippen LogP contribution in [0.5, 0.6) is 0 Å². The topological polar surface area (TPSA) is 83.5 Å². The highest BCUT2D eigenvalue weighted by Gasteiger charge is 2.22. The van der Waals surface area contributed by atoms with Crippen LogP contribution in [0.4, 0.5) is 0 Å². The maximum absolute atomic E-state index is 12.2. The number of aryl methyl sites for hydroxylation is 1. The molecule has 0 aliphatic carbocycles. The molecule has 6 heteroatoms. The maximum Gasteiger partial charge on any atom is 0.320 e. The van der Waals surface area contributed by atoms with Crippen molar-refractivity contribution in [2.24, 2.45) is 5.92 Å². The predicted octanol–water partition coefficient (Wildman–Crippen LogP) is 2.25. The lowest BCUT2D eigenvalue weighted by Gasteiger charge is -2.20. The number of hydrogen-bond donors (Lipinski definition) is 2. The standard InChI is InChI=1S/C16H25NO4S/c1-4-13(3)15(16(18)19)17-10-5-11-22(20,21)14-8-6-12(2)7-9-14/h6-9,13,15,17H,4-5,10-11H2,1-3H3,(H,18,19)/t13-,15-/m0/s1. The third-order valence-corrected chi connectivity index (χ3v) is 5.63. The molecule has 0 aromatic heterocycles. The van der Waals surface area contributed by atoms with Gasteiger partial charge in [-0.3, -0.25) is 4.79 Å². The van der Waals surface area contributed by atoms with Crippen molar-refractivity contribution in [2.45, 2.75) is 44.6 Å². The zero-order valence-electron chi connectivity index (χ0n) is 13.4. The highest BCUT2D eigenvalue weighted by molar-refractivity contribution is 7.91. The molecule has 0 aliphatic heterocycles. The molecule has 124 valence electrons. The summed E-state index contributed by atoms with van der Waals surface area (Å²) in [4.78, 5) is 11.5. The first-order valence-electron chi connectivity index (χ1n) is 7.53. The number of aliphatic carboxylic acids is 1. The highest BCUT2D eigenvalue weighted by atomic mass is 32.2. The minimum Gasteiger partial charge on any atom is -0.480 e. The van der Waals surface area contributed by atoms with E-state index < -0.39 is 21.8 Å². The van der Waals surface area contributed by atoms with Gasteiger partial charge in [-0.1, -0.05) is 38.0 Å². The van der Waals surface area contributed by atoms with Crippen molar-refractivity contribution in [1.82, 2.24) is 5.32 Å². The molecular formula is C16H25NO4S. The first kappa shape index (κ1) is 18.6. The molecule has 0 bridgehead atoms. The van der Waals surface area contributed by atoms with Gasteiger partial charge in [-0.05, 0) is 37.9 Å². The van der Waals surface area contributed by atoms with E-state index in [9.17, 15) is 13.2 Å². The van der Waals surface area contributed by atoms with Crippen LogP contribution in [-0.2, 0) is 14.6 Å². The summed E-state index contributed by atoms with van der Waals surface area (Å²) in [5.74, 6) is -0.877. The normalized spacial score (nSPS) is 14.5. The molecule has 0 saturated carbocycles. The average Bonchev–Trinajstić information content (AvgIpc) is 2.46. The minimum absolute atomic E-state index is 0.00575. The van der Waals surface area contributed by atoms with E-state index in [1.807, 2.05) is 20.8 Å². The van der Waals surface area contributed by atoms with Crippen LogP contribution in [-0.4, -0.2) is 37.8 Å². The fourth-order valence-electron chi connectivity index (χ4n) is 2.15. The molecule has 2 atom stereocenters. The van der Waals surface area contributed by atoms with E-state index in [4.69, 9.17) is 5.11 Å². The molecule has 0 spiro atoms. The highest BCUT2D eigenvalue weighted by Crippen LogP contribution is 2.13. The van der Waals surface area contributed by atoms with Gasteiger partial charge in [0.25, 0.3) is 0 Å². The van der Waals surface area contributed by atoms with Crippen LogP contribution in [0.15, 0.2) is 29.2 Å². The fraction of sp³-hybridized carbons (Fsp3) is 0.562. The predicted molar refractivity (Wildman–Crippen MR) is 86.7 cm³/mol. The number of sulfone groups is 1. The number of rotatable bonds is 9. The van der Waals surface area contributed by atoms with E-state index in [1.165, 1.54) is 0 Å². The van der Waals surface area contributed by atoms with Gasteiger partial charge in [0.05, 0.1) is 10.6 Å². The number of benzene rings is 1. The number of carboxylic acid groups (broad SMARTS) is 1. The van der Waals surface area contributed by atoms with Crippen molar-refractivity contribution in [1.29, 1.82) is 0 Å².